The Morgan fingerprint density at radius 1 is 1.08 bits per heavy atom. The number of nitrogens with zero attached hydrogens (tertiary/aromatic N) is 3. The molecule has 1 aromatic heterocycles. The second-order valence-corrected chi connectivity index (χ2v) is 6.78. The summed E-state index contributed by atoms with van der Waals surface area (Å²) in [4.78, 5) is 12.4. The van der Waals surface area contributed by atoms with E-state index in [1.165, 1.54) is 42.1 Å². The number of hydrogen-bond acceptors (Lipinski definition) is 4. The lowest BCUT2D eigenvalue weighted by atomic mass is 10.1. The first kappa shape index (κ1) is 17.3. The van der Waals surface area contributed by atoms with E-state index in [4.69, 9.17) is 0 Å². The zero-order valence-corrected chi connectivity index (χ0v) is 14.4. The van der Waals surface area contributed by atoms with Crippen LogP contribution in [-0.2, 0) is 7.05 Å². The van der Waals surface area contributed by atoms with Crippen molar-refractivity contribution >= 4 is 17.5 Å². The highest BCUT2D eigenvalue weighted by Crippen LogP contribution is 2.28. The van der Waals surface area contributed by atoms with Gasteiger partial charge in [-0.1, -0.05) is 23.9 Å². The van der Waals surface area contributed by atoms with Gasteiger partial charge in [0.25, 0.3) is 0 Å². The van der Waals surface area contributed by atoms with Crippen molar-refractivity contribution < 1.29 is 13.6 Å². The molecule has 0 bridgehead atoms. The number of ketones is 1. The van der Waals surface area contributed by atoms with Gasteiger partial charge < -0.3 is 4.57 Å². The van der Waals surface area contributed by atoms with E-state index in [1.807, 2.05) is 0 Å². The third-order valence-electron chi connectivity index (χ3n) is 3.73. The lowest BCUT2D eigenvalue weighted by Gasteiger charge is -2.10. The average molecular weight is 359 g/mol. The Morgan fingerprint density at radius 2 is 1.76 bits per heavy atom. The molecular weight excluding hydrogens is 344 g/mol. The number of aromatic nitrogens is 3. The molecule has 3 aromatic rings. The molecule has 0 saturated heterocycles. The molecule has 1 heterocycles. The number of Topliss-reactive ketones (excluding diaryl/α,β-unsaturated/α-hetero) is 1. The lowest BCUT2D eigenvalue weighted by Crippen LogP contribution is -2.14. The van der Waals surface area contributed by atoms with Crippen molar-refractivity contribution in [2.45, 2.75) is 17.3 Å². The Balaban J connectivity index is 1.81. The summed E-state index contributed by atoms with van der Waals surface area (Å²) >= 11 is 1.22. The minimum Gasteiger partial charge on any atom is -0.305 e. The van der Waals surface area contributed by atoms with Gasteiger partial charge in [0.1, 0.15) is 11.6 Å². The predicted octanol–water partition coefficient (Wildman–Crippen LogP) is 4.12. The summed E-state index contributed by atoms with van der Waals surface area (Å²) in [5.41, 5.74) is 0.778. The Morgan fingerprint density at radius 3 is 2.44 bits per heavy atom. The Labute approximate surface area is 147 Å². The van der Waals surface area contributed by atoms with Crippen LogP contribution in [-0.4, -0.2) is 25.8 Å². The van der Waals surface area contributed by atoms with Crippen LogP contribution in [0.15, 0.2) is 53.7 Å². The van der Waals surface area contributed by atoms with Gasteiger partial charge in [-0.15, -0.1) is 10.2 Å². The van der Waals surface area contributed by atoms with Crippen LogP contribution >= 0.6 is 11.8 Å². The molecule has 2 aromatic carbocycles. The van der Waals surface area contributed by atoms with Gasteiger partial charge >= 0.3 is 0 Å². The molecule has 0 aliphatic carbocycles. The molecular formula is C18H15F2N3OS. The Bertz CT molecular complexity index is 909. The molecule has 1 atom stereocenters. The number of halogens is 2. The van der Waals surface area contributed by atoms with Crippen molar-refractivity contribution in [2.75, 3.05) is 0 Å². The zero-order valence-electron chi connectivity index (χ0n) is 13.6. The van der Waals surface area contributed by atoms with E-state index in [9.17, 15) is 13.6 Å². The van der Waals surface area contributed by atoms with E-state index >= 15 is 0 Å². The van der Waals surface area contributed by atoms with Crippen molar-refractivity contribution in [3.63, 3.8) is 0 Å². The highest BCUT2D eigenvalue weighted by molar-refractivity contribution is 8.00. The van der Waals surface area contributed by atoms with Crippen LogP contribution in [0.25, 0.3) is 11.4 Å². The maximum absolute atomic E-state index is 13.9. The largest absolute Gasteiger partial charge is 0.305 e. The fourth-order valence-electron chi connectivity index (χ4n) is 2.36. The van der Waals surface area contributed by atoms with Crippen LogP contribution in [0.2, 0.25) is 0 Å². The standard InChI is InChI=1S/C18H15F2N3OS/c1-11(16(24)12-7-9-13(19)10-8-12)25-18-22-21-17(23(18)2)14-5-3-4-6-15(14)20/h3-11H,1-2H3. The van der Waals surface area contributed by atoms with Crippen LogP contribution in [0.1, 0.15) is 17.3 Å². The van der Waals surface area contributed by atoms with E-state index in [1.54, 1.807) is 36.7 Å². The van der Waals surface area contributed by atoms with Crippen LogP contribution in [0.3, 0.4) is 0 Å². The van der Waals surface area contributed by atoms with Crippen molar-refractivity contribution in [3.05, 3.63) is 65.7 Å². The highest BCUT2D eigenvalue weighted by atomic mass is 32.2. The van der Waals surface area contributed by atoms with Crippen LogP contribution < -0.4 is 0 Å². The summed E-state index contributed by atoms with van der Waals surface area (Å²) in [6.07, 6.45) is 0. The molecule has 0 N–H and O–H groups in total. The van der Waals surface area contributed by atoms with Crippen molar-refractivity contribution in [2.24, 2.45) is 7.05 Å². The van der Waals surface area contributed by atoms with Gasteiger partial charge in [0.2, 0.25) is 0 Å². The Hall–Kier alpha value is -2.54. The maximum Gasteiger partial charge on any atom is 0.191 e. The third-order valence-corrected chi connectivity index (χ3v) is 4.86. The van der Waals surface area contributed by atoms with Crippen LogP contribution in [0.4, 0.5) is 8.78 Å². The first-order valence-corrected chi connectivity index (χ1v) is 8.46. The molecule has 0 aliphatic rings. The molecule has 128 valence electrons. The van der Waals surface area contributed by atoms with E-state index in [0.717, 1.165) is 0 Å². The molecule has 0 spiro atoms. The van der Waals surface area contributed by atoms with Crippen molar-refractivity contribution in [3.8, 4) is 11.4 Å². The summed E-state index contributed by atoms with van der Waals surface area (Å²) in [6, 6.07) is 11.7. The second kappa shape index (κ2) is 7.14. The third kappa shape index (κ3) is 3.61. The van der Waals surface area contributed by atoms with E-state index in [-0.39, 0.29) is 17.4 Å². The molecule has 0 amide bonds. The summed E-state index contributed by atoms with van der Waals surface area (Å²) in [5.74, 6) is -0.521. The molecule has 0 fully saturated rings. The maximum atomic E-state index is 13.9. The summed E-state index contributed by atoms with van der Waals surface area (Å²) < 4.78 is 28.6. The van der Waals surface area contributed by atoms with Crippen LogP contribution in [0.5, 0.6) is 0 Å². The van der Waals surface area contributed by atoms with Gasteiger partial charge in [0, 0.05) is 12.6 Å². The number of hydrogen-bond donors (Lipinski definition) is 0. The number of carbonyl (C=O) groups excluding carboxylic acids is 1. The molecule has 4 nitrogen and oxygen atoms in total. The number of thioether (sulfide) groups is 1. The molecule has 0 aliphatic heterocycles. The molecule has 25 heavy (non-hydrogen) atoms. The smallest absolute Gasteiger partial charge is 0.191 e. The summed E-state index contributed by atoms with van der Waals surface area (Å²) in [7, 11) is 1.72. The molecule has 0 radical (unpaired) electrons. The lowest BCUT2D eigenvalue weighted by molar-refractivity contribution is 0.0994. The van der Waals surface area contributed by atoms with E-state index in [0.29, 0.717) is 22.1 Å². The van der Waals surface area contributed by atoms with Crippen LogP contribution in [0, 0.1) is 11.6 Å². The van der Waals surface area contributed by atoms with Gasteiger partial charge in [-0.2, -0.15) is 0 Å². The molecule has 0 saturated carbocycles. The fourth-order valence-corrected chi connectivity index (χ4v) is 3.25. The second-order valence-electron chi connectivity index (χ2n) is 5.48. The summed E-state index contributed by atoms with van der Waals surface area (Å²) in [6.45, 7) is 1.74. The van der Waals surface area contributed by atoms with Crippen molar-refractivity contribution in [1.82, 2.24) is 14.8 Å². The normalized spacial score (nSPS) is 12.2. The number of rotatable bonds is 5. The zero-order chi connectivity index (χ0) is 18.0. The molecule has 3 rings (SSSR count). The van der Waals surface area contributed by atoms with Gasteiger partial charge in [0.15, 0.2) is 16.8 Å². The fraction of sp³-hybridized carbons (Fsp3) is 0.167. The first-order valence-electron chi connectivity index (χ1n) is 7.58. The van der Waals surface area contributed by atoms with Gasteiger partial charge in [-0.25, -0.2) is 8.78 Å². The molecule has 1 unspecified atom stereocenters. The van der Waals surface area contributed by atoms with Gasteiger partial charge in [-0.05, 0) is 43.3 Å². The SMILES string of the molecule is CC(Sc1nnc(-c2ccccc2F)n1C)C(=O)c1ccc(F)cc1. The first-order chi connectivity index (χ1) is 12.0. The minimum absolute atomic E-state index is 0.138. The monoisotopic (exact) mass is 359 g/mol. The van der Waals surface area contributed by atoms with Crippen molar-refractivity contribution in [1.29, 1.82) is 0 Å². The average Bonchev–Trinajstić information content (AvgIpc) is 2.96. The quantitative estimate of drug-likeness (QED) is 0.508. The molecule has 7 heteroatoms. The number of carbonyl (C=O) groups is 1. The van der Waals surface area contributed by atoms with Gasteiger partial charge in [0.05, 0.1) is 10.8 Å². The highest BCUT2D eigenvalue weighted by Gasteiger charge is 2.21. The topological polar surface area (TPSA) is 47.8 Å². The van der Waals surface area contributed by atoms with E-state index < -0.39 is 5.25 Å². The minimum atomic E-state index is -0.443. The van der Waals surface area contributed by atoms with E-state index in [2.05, 4.69) is 10.2 Å². The summed E-state index contributed by atoms with van der Waals surface area (Å²) in [5, 5.41) is 8.15. The van der Waals surface area contributed by atoms with Gasteiger partial charge in [-0.3, -0.25) is 4.79 Å². The Kier molecular flexibility index (Phi) is 4.94. The number of benzene rings is 2. The predicted molar refractivity (Wildman–Crippen MR) is 92.4 cm³/mol.